The van der Waals surface area contributed by atoms with Crippen LogP contribution in [0.1, 0.15) is 40.7 Å². The minimum Gasteiger partial charge on any atom is -0.510 e. The predicted molar refractivity (Wildman–Crippen MR) is 146 cm³/mol. The molecule has 0 bridgehead atoms. The van der Waals surface area contributed by atoms with Crippen molar-refractivity contribution in [1.29, 1.82) is 0 Å². The zero-order valence-corrected chi connectivity index (χ0v) is 22.8. The Kier molecular flexibility index (Phi) is 6.25. The number of amides is 1. The van der Waals surface area contributed by atoms with E-state index in [-0.39, 0.29) is 40.3 Å². The predicted octanol–water partition coefficient (Wildman–Crippen LogP) is 2.01. The van der Waals surface area contributed by atoms with Crippen molar-refractivity contribution in [3.63, 3.8) is 0 Å². The molecular weight excluding hydrogens is 533 g/mol. The number of allylic oxidation sites excluding steroid dienone is 1. The Hall–Kier alpha value is -3.80. The van der Waals surface area contributed by atoms with Gasteiger partial charge in [0.25, 0.3) is 5.91 Å². The monoisotopic (exact) mass is 565 g/mol. The van der Waals surface area contributed by atoms with E-state index in [9.17, 15) is 34.8 Å². The van der Waals surface area contributed by atoms with Gasteiger partial charge in [0.05, 0.1) is 11.6 Å². The second-order valence-corrected chi connectivity index (χ2v) is 11.8. The van der Waals surface area contributed by atoms with Crippen LogP contribution in [0.4, 0.5) is 4.39 Å². The van der Waals surface area contributed by atoms with Crippen LogP contribution in [0, 0.1) is 17.7 Å². The molecule has 11 heteroatoms. The largest absolute Gasteiger partial charge is 0.510 e. The number of phenols is 1. The summed E-state index contributed by atoms with van der Waals surface area (Å²) in [6.07, 6.45) is 1.99. The zero-order chi connectivity index (χ0) is 29.5. The lowest BCUT2D eigenvalue weighted by Crippen LogP contribution is -2.63. The van der Waals surface area contributed by atoms with Crippen LogP contribution in [0.5, 0.6) is 5.75 Å². The van der Waals surface area contributed by atoms with Crippen LogP contribution >= 0.6 is 0 Å². The van der Waals surface area contributed by atoms with Crippen LogP contribution in [0.2, 0.25) is 0 Å². The maximum Gasteiger partial charge on any atom is 0.255 e. The van der Waals surface area contributed by atoms with E-state index in [1.165, 1.54) is 4.90 Å². The highest BCUT2D eigenvalue weighted by Gasteiger charge is 2.63. The van der Waals surface area contributed by atoms with Crippen molar-refractivity contribution in [2.75, 3.05) is 27.2 Å². The fourth-order valence-corrected chi connectivity index (χ4v) is 7.41. The molecule has 3 aliphatic carbocycles. The van der Waals surface area contributed by atoms with Crippen molar-refractivity contribution in [2.24, 2.45) is 17.6 Å². The van der Waals surface area contributed by atoms with E-state index < -0.39 is 69.6 Å². The van der Waals surface area contributed by atoms with Crippen LogP contribution < -0.4 is 5.73 Å². The molecule has 6 N–H and O–H groups in total. The van der Waals surface area contributed by atoms with Gasteiger partial charge in [0.15, 0.2) is 11.4 Å². The normalized spacial score (nSPS) is 28.4. The number of aliphatic hydroxyl groups is 3. The standard InChI is InChI=1S/C30H32FN3O7/c1-33(2)23-18-11-14-10-17-20(25(36)19(14)27(38)30(18,41)28(39)21(26(23)37)29(32)40)24(35)16-9-13(5-6-15(16)22(17)31)12-34-7-3-4-8-34/h5-6,9,14,18,23,35,37-38,41H,3-4,7-8,10-12H2,1-2H3,(H2,32,40)/t14-,18-,23-,30-/m0/s1. The number of carbonyl (C=O) groups is 3. The number of aromatic hydroxyl groups is 1. The number of ketones is 2. The fraction of sp³-hybridized carbons (Fsp3) is 0.433. The summed E-state index contributed by atoms with van der Waals surface area (Å²) in [5.41, 5.74) is 1.95. The van der Waals surface area contributed by atoms with Crippen molar-refractivity contribution in [2.45, 2.75) is 43.9 Å². The number of likely N-dealkylation sites (tertiary alicyclic amines) is 1. The smallest absolute Gasteiger partial charge is 0.255 e. The molecular formula is C30H32FN3O7. The quantitative estimate of drug-likeness (QED) is 0.349. The first-order chi connectivity index (χ1) is 19.4. The number of nitrogens with zero attached hydrogens (tertiary/aromatic N) is 2. The zero-order valence-electron chi connectivity index (χ0n) is 22.8. The van der Waals surface area contributed by atoms with Crippen molar-refractivity contribution in [3.8, 4) is 5.75 Å². The lowest BCUT2D eigenvalue weighted by atomic mass is 9.58. The van der Waals surface area contributed by atoms with E-state index in [0.717, 1.165) is 31.5 Å². The molecule has 0 radical (unpaired) electrons. The van der Waals surface area contributed by atoms with Crippen molar-refractivity contribution >= 4 is 28.2 Å². The Morgan fingerprint density at radius 3 is 2.46 bits per heavy atom. The van der Waals surface area contributed by atoms with Crippen LogP contribution in [0.25, 0.3) is 10.8 Å². The number of benzene rings is 2. The highest BCUT2D eigenvalue weighted by molar-refractivity contribution is 6.25. The number of hydrogen-bond acceptors (Lipinski definition) is 9. The lowest BCUT2D eigenvalue weighted by Gasteiger charge is -2.50. The lowest BCUT2D eigenvalue weighted by molar-refractivity contribution is -0.148. The van der Waals surface area contributed by atoms with Gasteiger partial charge in [-0.3, -0.25) is 24.2 Å². The number of likely N-dealkylation sites (N-methyl/N-ethyl adjacent to an activating group) is 1. The van der Waals surface area contributed by atoms with Crippen LogP contribution in [-0.2, 0) is 22.6 Å². The third kappa shape index (κ3) is 3.75. The second-order valence-electron chi connectivity index (χ2n) is 11.8. The van der Waals surface area contributed by atoms with Gasteiger partial charge in [0.1, 0.15) is 28.7 Å². The molecule has 1 aliphatic heterocycles. The van der Waals surface area contributed by atoms with E-state index in [2.05, 4.69) is 4.90 Å². The molecule has 0 unspecified atom stereocenters. The number of aliphatic hydroxyl groups excluding tert-OH is 2. The molecule has 41 heavy (non-hydrogen) atoms. The summed E-state index contributed by atoms with van der Waals surface area (Å²) in [7, 11) is 3.10. The molecule has 4 atom stereocenters. The fourth-order valence-electron chi connectivity index (χ4n) is 7.41. The minimum atomic E-state index is -2.74. The molecule has 0 saturated carbocycles. The Labute approximate surface area is 235 Å². The first kappa shape index (κ1) is 27.4. The number of carbonyl (C=O) groups excluding carboxylic acids is 3. The maximum atomic E-state index is 16.0. The molecule has 10 nitrogen and oxygen atoms in total. The third-order valence-electron chi connectivity index (χ3n) is 9.30. The van der Waals surface area contributed by atoms with Gasteiger partial charge in [0, 0.05) is 34.4 Å². The summed E-state index contributed by atoms with van der Waals surface area (Å²) >= 11 is 0. The van der Waals surface area contributed by atoms with Gasteiger partial charge in [-0.1, -0.05) is 12.1 Å². The van der Waals surface area contributed by atoms with E-state index in [1.54, 1.807) is 32.3 Å². The van der Waals surface area contributed by atoms with Crippen molar-refractivity contribution in [1.82, 2.24) is 9.80 Å². The molecule has 2 aromatic carbocycles. The Balaban J connectivity index is 1.51. The number of primary amides is 1. The van der Waals surface area contributed by atoms with Crippen LogP contribution in [-0.4, -0.2) is 86.5 Å². The van der Waals surface area contributed by atoms with Gasteiger partial charge in [-0.25, -0.2) is 4.39 Å². The average Bonchev–Trinajstić information content (AvgIpc) is 3.42. The summed E-state index contributed by atoms with van der Waals surface area (Å²) < 4.78 is 16.0. The number of nitrogens with two attached hydrogens (primary N) is 1. The van der Waals surface area contributed by atoms with E-state index in [1.807, 2.05) is 0 Å². The number of hydrogen-bond donors (Lipinski definition) is 5. The van der Waals surface area contributed by atoms with Crippen LogP contribution in [0.3, 0.4) is 0 Å². The summed E-state index contributed by atoms with van der Waals surface area (Å²) in [6, 6.07) is 3.95. The molecule has 1 amide bonds. The van der Waals surface area contributed by atoms with Gasteiger partial charge in [-0.2, -0.15) is 0 Å². The summed E-state index contributed by atoms with van der Waals surface area (Å²) in [4.78, 5) is 43.2. The summed E-state index contributed by atoms with van der Waals surface area (Å²) in [6.45, 7) is 2.50. The number of rotatable bonds is 4. The van der Waals surface area contributed by atoms with Crippen molar-refractivity contribution in [3.05, 3.63) is 63.4 Å². The topological polar surface area (TPSA) is 165 Å². The van der Waals surface area contributed by atoms with E-state index in [0.29, 0.717) is 6.54 Å². The van der Waals surface area contributed by atoms with Crippen molar-refractivity contribution < 1.29 is 39.2 Å². The minimum absolute atomic E-state index is 0.0135. The summed E-state index contributed by atoms with van der Waals surface area (Å²) in [5, 5.41) is 45.6. The molecule has 0 spiro atoms. The second kappa shape index (κ2) is 9.37. The summed E-state index contributed by atoms with van der Waals surface area (Å²) in [5.74, 6) is -8.22. The Bertz CT molecular complexity index is 1610. The first-order valence-corrected chi connectivity index (χ1v) is 13.7. The molecule has 1 heterocycles. The van der Waals surface area contributed by atoms with Gasteiger partial charge in [-0.05, 0) is 70.4 Å². The number of fused-ring (bicyclic) bond motifs is 4. The van der Waals surface area contributed by atoms with E-state index >= 15 is 4.39 Å². The Morgan fingerprint density at radius 2 is 1.83 bits per heavy atom. The molecule has 216 valence electrons. The van der Waals surface area contributed by atoms with E-state index in [4.69, 9.17) is 5.73 Å². The highest BCUT2D eigenvalue weighted by Crippen LogP contribution is 2.53. The van der Waals surface area contributed by atoms with Gasteiger partial charge < -0.3 is 26.2 Å². The molecule has 1 saturated heterocycles. The number of halogens is 1. The highest BCUT2D eigenvalue weighted by atomic mass is 19.1. The molecule has 2 aromatic rings. The van der Waals surface area contributed by atoms with Gasteiger partial charge >= 0.3 is 0 Å². The third-order valence-corrected chi connectivity index (χ3v) is 9.30. The Morgan fingerprint density at radius 1 is 1.15 bits per heavy atom. The SMILES string of the molecule is CN(C)[C@@H]1C(O)=C(C(N)=O)C(=O)[C@@]2(O)C(O)=C3C(=O)c4c(c(F)c5ccc(CN6CCCC6)cc5c4O)C[C@H]3C[C@@H]12. The first-order valence-electron chi connectivity index (χ1n) is 13.7. The molecule has 1 fully saturated rings. The van der Waals surface area contributed by atoms with Gasteiger partial charge in [0.2, 0.25) is 5.78 Å². The number of Topliss-reactive ketones (excluding diaryl/α,β-unsaturated/α-hetero) is 2. The average molecular weight is 566 g/mol. The van der Waals surface area contributed by atoms with Crippen LogP contribution in [0.15, 0.2) is 40.9 Å². The molecule has 6 rings (SSSR count). The van der Waals surface area contributed by atoms with Gasteiger partial charge in [-0.15, -0.1) is 0 Å². The number of phenolic OH excluding ortho intramolecular Hbond substituents is 1. The maximum absolute atomic E-state index is 16.0. The molecule has 4 aliphatic rings. The molecule has 0 aromatic heterocycles.